The Bertz CT molecular complexity index is 387. The van der Waals surface area contributed by atoms with Crippen molar-refractivity contribution in [2.45, 2.75) is 128 Å². The maximum atomic E-state index is 11.4. The van der Waals surface area contributed by atoms with Gasteiger partial charge in [-0.2, -0.15) is 0 Å². The smallest absolute Gasteiger partial charge is 0.748 e. The fourth-order valence-electron chi connectivity index (χ4n) is 3.35. The summed E-state index contributed by atoms with van der Waals surface area (Å²) in [5, 5.41) is 8.97. The van der Waals surface area contributed by atoms with Crippen LogP contribution in [0.5, 0.6) is 0 Å². The quantitative estimate of drug-likeness (QED) is 0.218. The Morgan fingerprint density at radius 1 is 0.692 bits per heavy atom. The van der Waals surface area contributed by atoms with E-state index in [9.17, 15) is 18.1 Å². The van der Waals surface area contributed by atoms with Gasteiger partial charge in [-0.15, -0.1) is 0 Å². The van der Waals surface area contributed by atoms with Crippen molar-refractivity contribution in [2.24, 2.45) is 0 Å². The molecule has 0 aromatic heterocycles. The number of unbranched alkanes of at least 4 members (excludes halogenated alkanes) is 9. The second-order valence-corrected chi connectivity index (χ2v) is 9.11. The summed E-state index contributed by atoms with van der Waals surface area (Å²) in [6.07, 6.45) is 15.3. The van der Waals surface area contributed by atoms with Crippen molar-refractivity contribution in [3.63, 3.8) is 0 Å². The predicted octanol–water partition coefficient (Wildman–Crippen LogP) is 2.55. The number of hydrogen-bond acceptors (Lipinski definition) is 4. The molecule has 0 radical (unpaired) electrons. The summed E-state index contributed by atoms with van der Waals surface area (Å²) in [5.41, 5.74) is 0. The van der Waals surface area contributed by atoms with Crippen molar-refractivity contribution in [1.82, 2.24) is 0 Å². The fourth-order valence-corrected chi connectivity index (χ4v) is 4.26. The summed E-state index contributed by atoms with van der Waals surface area (Å²) in [5.74, 6) is 0. The van der Waals surface area contributed by atoms with Crippen LogP contribution < -0.4 is 29.6 Å². The van der Waals surface area contributed by atoms with E-state index < -0.39 is 15.4 Å². The van der Waals surface area contributed by atoms with Gasteiger partial charge in [0.2, 0.25) is 0 Å². The Hall–Kier alpha value is 0.870. The molecule has 0 saturated heterocycles. The first-order valence-corrected chi connectivity index (χ1v) is 12.0. The van der Waals surface area contributed by atoms with Crippen molar-refractivity contribution in [2.75, 3.05) is 0 Å². The van der Waals surface area contributed by atoms with Crippen molar-refractivity contribution in [3.8, 4) is 0 Å². The monoisotopic (exact) mass is 400 g/mol. The SMILES string of the molecule is CCCCCCCCC(CCCCCCCC(O)CCC)S(=O)(=O)[O-].[Na+]. The first kappa shape index (κ1) is 29.1. The number of hydrogen-bond donors (Lipinski definition) is 1. The molecule has 0 rings (SSSR count). The first-order valence-electron chi connectivity index (χ1n) is 10.5. The molecule has 2 atom stereocenters. The van der Waals surface area contributed by atoms with E-state index in [1.54, 1.807) is 0 Å². The number of aliphatic hydroxyl groups is 1. The zero-order valence-electron chi connectivity index (χ0n) is 17.5. The van der Waals surface area contributed by atoms with Crippen LogP contribution in [0.25, 0.3) is 0 Å². The molecule has 0 aromatic rings. The molecule has 0 bridgehead atoms. The van der Waals surface area contributed by atoms with E-state index in [1.165, 1.54) is 19.3 Å². The summed E-state index contributed by atoms with van der Waals surface area (Å²) in [6, 6.07) is 0. The van der Waals surface area contributed by atoms with Gasteiger partial charge < -0.3 is 9.66 Å². The second kappa shape index (κ2) is 19.2. The maximum absolute atomic E-state index is 11.4. The molecular weight excluding hydrogens is 359 g/mol. The summed E-state index contributed by atoms with van der Waals surface area (Å²) in [6.45, 7) is 4.25. The molecule has 0 aromatic carbocycles. The van der Waals surface area contributed by atoms with Gasteiger partial charge in [-0.3, -0.25) is 0 Å². The predicted molar refractivity (Wildman–Crippen MR) is 105 cm³/mol. The summed E-state index contributed by atoms with van der Waals surface area (Å²) < 4.78 is 34.3. The topological polar surface area (TPSA) is 77.4 Å². The van der Waals surface area contributed by atoms with Crippen LogP contribution in [0, 0.1) is 0 Å². The Kier molecular flexibility index (Phi) is 21.5. The fraction of sp³-hybridized carbons (Fsp3) is 1.00. The Labute approximate surface area is 185 Å². The van der Waals surface area contributed by atoms with Gasteiger partial charge in [-0.05, 0) is 25.7 Å². The molecule has 4 nitrogen and oxygen atoms in total. The average molecular weight is 401 g/mol. The zero-order valence-corrected chi connectivity index (χ0v) is 20.4. The van der Waals surface area contributed by atoms with Gasteiger partial charge in [-0.25, -0.2) is 8.42 Å². The first-order chi connectivity index (χ1) is 11.9. The maximum Gasteiger partial charge on any atom is 1.00 e. The van der Waals surface area contributed by atoms with Gasteiger partial charge in [0.25, 0.3) is 0 Å². The van der Waals surface area contributed by atoms with Crippen LogP contribution in [-0.4, -0.2) is 29.4 Å². The van der Waals surface area contributed by atoms with E-state index in [4.69, 9.17) is 0 Å². The Morgan fingerprint density at radius 3 is 1.54 bits per heavy atom. The minimum Gasteiger partial charge on any atom is -0.748 e. The third-order valence-electron chi connectivity index (χ3n) is 4.97. The molecular formula is C20H41NaO4S. The standard InChI is InChI=1S/C20H42O4S.Na/c1-3-5-6-7-10-13-17-20(25(22,23)24)18-14-11-8-9-12-16-19(21)15-4-2;/h19-21H,3-18H2,1-2H3,(H,22,23,24);/q;+1/p-1. The zero-order chi connectivity index (χ0) is 19.0. The Balaban J connectivity index is 0. The molecule has 0 aliphatic rings. The third kappa shape index (κ3) is 18.2. The van der Waals surface area contributed by atoms with Crippen LogP contribution in [0.4, 0.5) is 0 Å². The normalized spacial score (nSPS) is 14.0. The van der Waals surface area contributed by atoms with Crippen molar-refractivity contribution < 1.29 is 47.6 Å². The number of aliphatic hydroxyl groups excluding tert-OH is 1. The van der Waals surface area contributed by atoms with Gasteiger partial charge in [0.05, 0.1) is 16.2 Å². The molecule has 2 unspecified atom stereocenters. The van der Waals surface area contributed by atoms with Crippen LogP contribution in [-0.2, 0) is 10.1 Å². The molecule has 0 amide bonds. The van der Waals surface area contributed by atoms with Crippen molar-refractivity contribution in [1.29, 1.82) is 0 Å². The van der Waals surface area contributed by atoms with Gasteiger partial charge in [0, 0.05) is 5.25 Å². The van der Waals surface area contributed by atoms with E-state index in [1.807, 2.05) is 0 Å². The largest absolute Gasteiger partial charge is 1.00 e. The molecule has 0 fully saturated rings. The molecule has 0 heterocycles. The molecule has 6 heteroatoms. The molecule has 0 spiro atoms. The average Bonchev–Trinajstić information content (AvgIpc) is 2.54. The van der Waals surface area contributed by atoms with E-state index in [2.05, 4.69) is 13.8 Å². The van der Waals surface area contributed by atoms with E-state index in [-0.39, 0.29) is 35.7 Å². The van der Waals surface area contributed by atoms with Crippen LogP contribution in [0.15, 0.2) is 0 Å². The summed E-state index contributed by atoms with van der Waals surface area (Å²) >= 11 is 0. The molecule has 26 heavy (non-hydrogen) atoms. The van der Waals surface area contributed by atoms with Crippen LogP contribution in [0.3, 0.4) is 0 Å². The molecule has 0 aliphatic heterocycles. The molecule has 152 valence electrons. The Morgan fingerprint density at radius 2 is 1.12 bits per heavy atom. The third-order valence-corrected chi connectivity index (χ3v) is 6.26. The van der Waals surface area contributed by atoms with Gasteiger partial charge >= 0.3 is 29.6 Å². The minimum atomic E-state index is -4.16. The van der Waals surface area contributed by atoms with Gasteiger partial charge in [0.1, 0.15) is 0 Å². The van der Waals surface area contributed by atoms with E-state index in [0.29, 0.717) is 12.8 Å². The molecule has 0 saturated carbocycles. The summed E-state index contributed by atoms with van der Waals surface area (Å²) in [7, 11) is -4.16. The minimum absolute atomic E-state index is 0. The van der Waals surface area contributed by atoms with Gasteiger partial charge in [-0.1, -0.05) is 90.9 Å². The van der Waals surface area contributed by atoms with Crippen LogP contribution in [0.1, 0.15) is 117 Å². The van der Waals surface area contributed by atoms with Crippen molar-refractivity contribution in [3.05, 3.63) is 0 Å². The van der Waals surface area contributed by atoms with E-state index in [0.717, 1.165) is 70.6 Å². The van der Waals surface area contributed by atoms with E-state index >= 15 is 0 Å². The summed E-state index contributed by atoms with van der Waals surface area (Å²) in [4.78, 5) is 0. The molecule has 1 N–H and O–H groups in total. The van der Waals surface area contributed by atoms with Crippen LogP contribution in [0.2, 0.25) is 0 Å². The van der Waals surface area contributed by atoms with Gasteiger partial charge in [0.15, 0.2) is 0 Å². The second-order valence-electron chi connectivity index (χ2n) is 7.46. The van der Waals surface area contributed by atoms with Crippen LogP contribution >= 0.6 is 0 Å². The number of rotatable bonds is 18. The van der Waals surface area contributed by atoms with Crippen molar-refractivity contribution >= 4 is 10.1 Å². The molecule has 0 aliphatic carbocycles.